The molecule has 1 aliphatic heterocycles. The van der Waals surface area contributed by atoms with Gasteiger partial charge in [0, 0.05) is 6.42 Å². The van der Waals surface area contributed by atoms with E-state index in [1.165, 1.54) is 16.0 Å². The van der Waals surface area contributed by atoms with Gasteiger partial charge in [0.15, 0.2) is 0 Å². The molecule has 1 aromatic carbocycles. The predicted octanol–water partition coefficient (Wildman–Crippen LogP) is 2.25. The van der Waals surface area contributed by atoms with Gasteiger partial charge in [0.05, 0.1) is 30.8 Å². The van der Waals surface area contributed by atoms with Crippen molar-refractivity contribution in [2.24, 2.45) is 0 Å². The fourth-order valence-corrected chi connectivity index (χ4v) is 4.18. The Bertz CT molecular complexity index is 865. The normalized spacial score (nSPS) is 16.6. The number of carbonyl (C=O) groups is 1. The van der Waals surface area contributed by atoms with Gasteiger partial charge in [0.2, 0.25) is 0 Å². The average Bonchev–Trinajstić information content (AvgIpc) is 2.98. The molecular weight excluding hydrogens is 346 g/mol. The number of benzene rings is 1. The second-order valence-electron chi connectivity index (χ2n) is 6.21. The molecule has 0 fully saturated rings. The number of nitrogen functional groups attached to an aromatic ring is 1. The number of esters is 1. The molecule has 0 spiro atoms. The third-order valence-corrected chi connectivity index (χ3v) is 5.60. The topological polar surface area (TPSA) is 80.5 Å². The van der Waals surface area contributed by atoms with E-state index in [0.717, 1.165) is 36.4 Å². The van der Waals surface area contributed by atoms with E-state index >= 15 is 0 Å². The van der Waals surface area contributed by atoms with E-state index in [0.29, 0.717) is 28.6 Å². The van der Waals surface area contributed by atoms with Crippen LogP contribution in [-0.4, -0.2) is 25.7 Å². The zero-order valence-electron chi connectivity index (χ0n) is 14.7. The number of nitriles is 1. The lowest BCUT2D eigenvalue weighted by molar-refractivity contribution is -0.908. The van der Waals surface area contributed by atoms with Crippen molar-refractivity contribution in [1.29, 1.82) is 5.26 Å². The van der Waals surface area contributed by atoms with Crippen molar-refractivity contribution in [3.63, 3.8) is 0 Å². The van der Waals surface area contributed by atoms with Gasteiger partial charge in [-0.15, -0.1) is 11.3 Å². The molecule has 0 aliphatic carbocycles. The molecule has 1 atom stereocenters. The fourth-order valence-electron chi connectivity index (χ4n) is 3.25. The van der Waals surface area contributed by atoms with Crippen LogP contribution in [0.3, 0.4) is 0 Å². The summed E-state index contributed by atoms with van der Waals surface area (Å²) in [7, 11) is 0. The summed E-state index contributed by atoms with van der Waals surface area (Å²) in [6, 6.07) is 12.5. The van der Waals surface area contributed by atoms with Crippen LogP contribution in [0.5, 0.6) is 0 Å². The van der Waals surface area contributed by atoms with Gasteiger partial charge in [-0.3, -0.25) is 0 Å². The van der Waals surface area contributed by atoms with Gasteiger partial charge in [0.1, 0.15) is 22.5 Å². The molecule has 2 aromatic rings. The number of nitrogens with two attached hydrogens (primary N) is 1. The summed E-state index contributed by atoms with van der Waals surface area (Å²) in [5.74, 6) is -0.391. The number of quaternary nitrogens is 1. The minimum Gasteiger partial charge on any atom is -0.462 e. The average molecular weight is 368 g/mol. The van der Waals surface area contributed by atoms with Crippen LogP contribution in [0.1, 0.15) is 39.7 Å². The molecule has 0 saturated heterocycles. The third-order valence-electron chi connectivity index (χ3n) is 4.56. The van der Waals surface area contributed by atoms with Gasteiger partial charge in [0.25, 0.3) is 0 Å². The molecule has 26 heavy (non-hydrogen) atoms. The number of carbonyl (C=O) groups excluding carboxylic acids is 1. The van der Waals surface area contributed by atoms with Crippen molar-refractivity contribution in [3.05, 3.63) is 58.0 Å². The highest BCUT2D eigenvalue weighted by Crippen LogP contribution is 2.31. The monoisotopic (exact) mass is 368 g/mol. The van der Waals surface area contributed by atoms with Crippen LogP contribution in [0.4, 0.5) is 5.00 Å². The lowest BCUT2D eigenvalue weighted by Gasteiger charge is -2.24. The lowest BCUT2D eigenvalue weighted by Crippen LogP contribution is -3.11. The highest BCUT2D eigenvalue weighted by Gasteiger charge is 2.27. The molecule has 1 unspecified atom stereocenters. The minimum absolute atomic E-state index is 0.303. The van der Waals surface area contributed by atoms with E-state index in [-0.39, 0.29) is 0 Å². The first-order chi connectivity index (χ1) is 12.6. The molecular formula is C20H22N3O2S+. The van der Waals surface area contributed by atoms with Crippen LogP contribution < -0.4 is 10.6 Å². The zero-order chi connectivity index (χ0) is 18.5. The summed E-state index contributed by atoms with van der Waals surface area (Å²) in [5, 5.41) is 9.84. The number of ether oxygens (including phenoxy) is 1. The largest absolute Gasteiger partial charge is 0.462 e. The maximum Gasteiger partial charge on any atom is 0.348 e. The molecule has 1 aromatic heterocycles. The Morgan fingerprint density at radius 1 is 1.38 bits per heavy atom. The maximum absolute atomic E-state index is 12.2. The first-order valence-corrected chi connectivity index (χ1v) is 9.52. The molecule has 3 N–H and O–H groups in total. The van der Waals surface area contributed by atoms with Gasteiger partial charge >= 0.3 is 5.97 Å². The van der Waals surface area contributed by atoms with E-state index < -0.39 is 5.97 Å². The predicted molar refractivity (Wildman–Crippen MR) is 103 cm³/mol. The van der Waals surface area contributed by atoms with Gasteiger partial charge in [-0.1, -0.05) is 30.3 Å². The van der Waals surface area contributed by atoms with Crippen molar-refractivity contribution in [2.75, 3.05) is 25.4 Å². The maximum atomic E-state index is 12.2. The van der Waals surface area contributed by atoms with Gasteiger partial charge in [-0.05, 0) is 24.1 Å². The third kappa shape index (κ3) is 3.79. The quantitative estimate of drug-likeness (QED) is 0.793. The second-order valence-corrected chi connectivity index (χ2v) is 7.26. The molecule has 134 valence electrons. The highest BCUT2D eigenvalue weighted by atomic mass is 32.1. The Morgan fingerprint density at radius 3 is 2.77 bits per heavy atom. The van der Waals surface area contributed by atoms with Crippen molar-refractivity contribution in [3.8, 4) is 6.07 Å². The van der Waals surface area contributed by atoms with Crippen LogP contribution in [0.15, 0.2) is 36.4 Å². The van der Waals surface area contributed by atoms with Gasteiger partial charge < -0.3 is 15.4 Å². The molecule has 0 bridgehead atoms. The van der Waals surface area contributed by atoms with Crippen LogP contribution in [0.2, 0.25) is 0 Å². The van der Waals surface area contributed by atoms with Crippen molar-refractivity contribution < 1.29 is 14.4 Å². The summed E-state index contributed by atoms with van der Waals surface area (Å²) in [6.45, 7) is 4.48. The van der Waals surface area contributed by atoms with E-state index in [1.54, 1.807) is 6.92 Å². The Hall–Kier alpha value is -2.62. The summed E-state index contributed by atoms with van der Waals surface area (Å²) in [4.78, 5) is 14.0. The van der Waals surface area contributed by atoms with Crippen LogP contribution >= 0.6 is 11.3 Å². The highest BCUT2D eigenvalue weighted by molar-refractivity contribution is 7.18. The number of nitrogens with zero attached hydrogens (tertiary/aromatic N) is 1. The minimum atomic E-state index is -0.391. The number of rotatable bonds is 5. The lowest BCUT2D eigenvalue weighted by atomic mass is 9.99. The standard InChI is InChI=1S/C20H21N3O2S/c1-2-25-20(24)18-17(16(12-21)19(22)26-18)13-23-10-8-15(9-11-23)14-6-4-3-5-7-14/h3-8H,2,9-11,13,22H2,1H3/p+1. The number of anilines is 1. The summed E-state index contributed by atoms with van der Waals surface area (Å²) in [5.41, 5.74) is 9.71. The number of hydrogen-bond acceptors (Lipinski definition) is 5. The van der Waals surface area contributed by atoms with Crippen LogP contribution in [-0.2, 0) is 11.3 Å². The Balaban J connectivity index is 1.79. The van der Waals surface area contributed by atoms with Crippen molar-refractivity contribution >= 4 is 27.9 Å². The molecule has 3 rings (SSSR count). The smallest absolute Gasteiger partial charge is 0.348 e. The first kappa shape index (κ1) is 18.2. The number of nitrogens with one attached hydrogen (secondary N) is 1. The molecule has 1 aliphatic rings. The van der Waals surface area contributed by atoms with Crippen LogP contribution in [0, 0.1) is 11.3 Å². The Morgan fingerprint density at radius 2 is 2.15 bits per heavy atom. The molecule has 0 saturated carbocycles. The number of thiophene rings is 1. The molecule has 0 amide bonds. The molecule has 6 heteroatoms. The molecule has 2 heterocycles. The van der Waals surface area contributed by atoms with E-state index in [4.69, 9.17) is 10.5 Å². The zero-order valence-corrected chi connectivity index (χ0v) is 15.6. The summed E-state index contributed by atoms with van der Waals surface area (Å²) < 4.78 is 5.13. The van der Waals surface area contributed by atoms with Crippen molar-refractivity contribution in [1.82, 2.24) is 0 Å². The Kier molecular flexibility index (Phi) is 5.71. The van der Waals surface area contributed by atoms with E-state index in [1.807, 2.05) is 18.2 Å². The second kappa shape index (κ2) is 8.17. The fraction of sp³-hybridized carbons (Fsp3) is 0.300. The van der Waals surface area contributed by atoms with E-state index in [9.17, 15) is 10.1 Å². The Labute approximate surface area is 157 Å². The summed E-state index contributed by atoms with van der Waals surface area (Å²) in [6.07, 6.45) is 3.22. The summed E-state index contributed by atoms with van der Waals surface area (Å²) >= 11 is 1.15. The number of hydrogen-bond donors (Lipinski definition) is 2. The first-order valence-electron chi connectivity index (χ1n) is 8.70. The SMILES string of the molecule is CCOC(=O)c1sc(N)c(C#N)c1C[NH+]1CC=C(c2ccccc2)CC1. The van der Waals surface area contributed by atoms with Crippen molar-refractivity contribution in [2.45, 2.75) is 19.9 Å². The van der Waals surface area contributed by atoms with Crippen LogP contribution in [0.25, 0.3) is 5.57 Å². The molecule has 0 radical (unpaired) electrons. The van der Waals surface area contributed by atoms with Gasteiger partial charge in [-0.25, -0.2) is 4.79 Å². The van der Waals surface area contributed by atoms with E-state index in [2.05, 4.69) is 24.3 Å². The van der Waals surface area contributed by atoms with Gasteiger partial charge in [-0.2, -0.15) is 5.26 Å². The molecule has 5 nitrogen and oxygen atoms in total.